The van der Waals surface area contributed by atoms with E-state index >= 15 is 0 Å². The fraction of sp³-hybridized carbons (Fsp3) is 0.615. The molecule has 84 valence electrons. The highest BCUT2D eigenvalue weighted by atomic mass is 16.5. The molecule has 0 aliphatic carbocycles. The Kier molecular flexibility index (Phi) is 5.33. The van der Waals surface area contributed by atoms with Gasteiger partial charge in [-0.15, -0.1) is 6.58 Å². The summed E-state index contributed by atoms with van der Waals surface area (Å²) in [6.45, 7) is 5.94. The smallest absolute Gasteiger partial charge is 0.122 e. The molecule has 0 aromatic heterocycles. The molecule has 0 fully saturated rings. The summed E-state index contributed by atoms with van der Waals surface area (Å²) >= 11 is 0. The summed E-state index contributed by atoms with van der Waals surface area (Å²) < 4.78 is 5.79. The Hall–Kier alpha value is -0.890. The van der Waals surface area contributed by atoms with Gasteiger partial charge in [0.25, 0.3) is 0 Å². The minimum Gasteiger partial charge on any atom is -0.370 e. The Balaban J connectivity index is 2.34. The molecule has 0 amide bonds. The predicted octanol–water partition coefficient (Wildman–Crippen LogP) is 2.89. The summed E-state index contributed by atoms with van der Waals surface area (Å²) in [4.78, 5) is 10.4. The van der Waals surface area contributed by atoms with E-state index in [0.29, 0.717) is 12.3 Å². The SMILES string of the molecule is C=CC[C@H](C)C[C@@H]1CC=CC(CC=O)O1. The summed E-state index contributed by atoms with van der Waals surface area (Å²) in [5, 5.41) is 0. The van der Waals surface area contributed by atoms with Gasteiger partial charge in [0.2, 0.25) is 0 Å². The van der Waals surface area contributed by atoms with Gasteiger partial charge >= 0.3 is 0 Å². The van der Waals surface area contributed by atoms with Crippen LogP contribution in [0.4, 0.5) is 0 Å². The van der Waals surface area contributed by atoms with Gasteiger partial charge < -0.3 is 9.53 Å². The molecule has 3 atom stereocenters. The molecule has 0 aromatic carbocycles. The number of allylic oxidation sites excluding steroid dienone is 1. The van der Waals surface area contributed by atoms with E-state index in [1.54, 1.807) is 0 Å². The van der Waals surface area contributed by atoms with E-state index in [0.717, 1.165) is 25.5 Å². The number of carbonyl (C=O) groups excluding carboxylic acids is 1. The molecule has 0 saturated heterocycles. The van der Waals surface area contributed by atoms with Gasteiger partial charge in [-0.2, -0.15) is 0 Å². The maximum Gasteiger partial charge on any atom is 0.122 e. The van der Waals surface area contributed by atoms with Crippen LogP contribution in [-0.4, -0.2) is 18.5 Å². The monoisotopic (exact) mass is 208 g/mol. The van der Waals surface area contributed by atoms with Gasteiger partial charge in [-0.05, 0) is 25.2 Å². The lowest BCUT2D eigenvalue weighted by atomic mass is 9.96. The minimum atomic E-state index is -0.00261. The molecule has 1 heterocycles. The van der Waals surface area contributed by atoms with E-state index < -0.39 is 0 Å². The molecule has 15 heavy (non-hydrogen) atoms. The van der Waals surface area contributed by atoms with E-state index in [4.69, 9.17) is 4.74 Å². The first kappa shape index (κ1) is 12.2. The van der Waals surface area contributed by atoms with Gasteiger partial charge in [0.1, 0.15) is 6.29 Å². The van der Waals surface area contributed by atoms with E-state index in [2.05, 4.69) is 19.6 Å². The molecule has 0 aromatic rings. The zero-order valence-electron chi connectivity index (χ0n) is 9.39. The van der Waals surface area contributed by atoms with Crippen LogP contribution in [0.5, 0.6) is 0 Å². The Morgan fingerprint density at radius 2 is 2.47 bits per heavy atom. The van der Waals surface area contributed by atoms with Crippen molar-refractivity contribution >= 4 is 6.29 Å². The normalized spacial score (nSPS) is 27.3. The van der Waals surface area contributed by atoms with Crippen LogP contribution in [0, 0.1) is 5.92 Å². The van der Waals surface area contributed by atoms with Crippen LogP contribution in [0.15, 0.2) is 24.8 Å². The standard InChI is InChI=1S/C13H20O2/c1-3-5-11(2)10-13-7-4-6-12(15-13)8-9-14/h3-4,6,9,11-13H,1,5,7-8,10H2,2H3/t11-,12?,13-/m0/s1. The average Bonchev–Trinajstić information content (AvgIpc) is 2.19. The fourth-order valence-electron chi connectivity index (χ4n) is 1.94. The Morgan fingerprint density at radius 3 is 3.13 bits per heavy atom. The molecule has 2 nitrogen and oxygen atoms in total. The average molecular weight is 208 g/mol. The third-order valence-corrected chi connectivity index (χ3v) is 2.68. The van der Waals surface area contributed by atoms with Crippen LogP contribution in [0.1, 0.15) is 32.6 Å². The fourth-order valence-corrected chi connectivity index (χ4v) is 1.94. The summed E-state index contributed by atoms with van der Waals surface area (Å²) in [5.74, 6) is 0.607. The maximum absolute atomic E-state index is 10.4. The van der Waals surface area contributed by atoms with E-state index in [1.807, 2.05) is 12.2 Å². The number of aldehydes is 1. The summed E-state index contributed by atoms with van der Waals surface area (Å²) in [7, 11) is 0. The largest absolute Gasteiger partial charge is 0.370 e. The number of hydrogen-bond acceptors (Lipinski definition) is 2. The summed E-state index contributed by atoms with van der Waals surface area (Å²) in [6, 6.07) is 0. The number of ether oxygens (including phenoxy) is 1. The highest BCUT2D eigenvalue weighted by Gasteiger charge is 2.19. The zero-order chi connectivity index (χ0) is 11.1. The molecule has 1 aliphatic rings. The highest BCUT2D eigenvalue weighted by Crippen LogP contribution is 2.21. The third kappa shape index (κ3) is 4.43. The van der Waals surface area contributed by atoms with Crippen molar-refractivity contribution in [2.45, 2.75) is 44.8 Å². The summed E-state index contributed by atoms with van der Waals surface area (Å²) in [6.07, 6.45) is 10.8. The Bertz CT molecular complexity index is 233. The lowest BCUT2D eigenvalue weighted by Gasteiger charge is -2.26. The van der Waals surface area contributed by atoms with E-state index in [-0.39, 0.29) is 12.2 Å². The van der Waals surface area contributed by atoms with Crippen molar-refractivity contribution in [3.63, 3.8) is 0 Å². The second-order valence-electron chi connectivity index (χ2n) is 4.23. The lowest BCUT2D eigenvalue weighted by Crippen LogP contribution is -2.26. The van der Waals surface area contributed by atoms with Gasteiger partial charge in [-0.1, -0.05) is 25.2 Å². The van der Waals surface area contributed by atoms with Gasteiger partial charge in [0.15, 0.2) is 0 Å². The second-order valence-corrected chi connectivity index (χ2v) is 4.23. The van der Waals surface area contributed by atoms with Gasteiger partial charge in [0.05, 0.1) is 12.2 Å². The van der Waals surface area contributed by atoms with Crippen LogP contribution < -0.4 is 0 Å². The first-order valence-electron chi connectivity index (χ1n) is 5.63. The van der Waals surface area contributed by atoms with Crippen LogP contribution in [0.3, 0.4) is 0 Å². The van der Waals surface area contributed by atoms with Gasteiger partial charge in [-0.3, -0.25) is 0 Å². The Morgan fingerprint density at radius 1 is 1.67 bits per heavy atom. The molecular formula is C13H20O2. The van der Waals surface area contributed by atoms with E-state index in [9.17, 15) is 4.79 Å². The summed E-state index contributed by atoms with van der Waals surface area (Å²) in [5.41, 5.74) is 0. The van der Waals surface area contributed by atoms with Crippen molar-refractivity contribution in [3.8, 4) is 0 Å². The van der Waals surface area contributed by atoms with Crippen molar-refractivity contribution in [2.24, 2.45) is 5.92 Å². The van der Waals surface area contributed by atoms with Crippen molar-refractivity contribution in [1.29, 1.82) is 0 Å². The molecule has 0 bridgehead atoms. The van der Waals surface area contributed by atoms with Gasteiger partial charge in [0, 0.05) is 6.42 Å². The van der Waals surface area contributed by atoms with Crippen LogP contribution >= 0.6 is 0 Å². The zero-order valence-corrected chi connectivity index (χ0v) is 9.39. The predicted molar refractivity (Wildman–Crippen MR) is 61.7 cm³/mol. The van der Waals surface area contributed by atoms with Gasteiger partial charge in [-0.25, -0.2) is 0 Å². The van der Waals surface area contributed by atoms with Crippen LogP contribution in [0.2, 0.25) is 0 Å². The molecule has 0 spiro atoms. The number of rotatable bonds is 6. The van der Waals surface area contributed by atoms with Crippen molar-refractivity contribution in [2.75, 3.05) is 0 Å². The molecule has 1 aliphatic heterocycles. The second kappa shape index (κ2) is 6.57. The topological polar surface area (TPSA) is 26.3 Å². The molecule has 0 radical (unpaired) electrons. The minimum absolute atomic E-state index is 0.00261. The lowest BCUT2D eigenvalue weighted by molar-refractivity contribution is -0.111. The van der Waals surface area contributed by atoms with Crippen LogP contribution in [-0.2, 0) is 9.53 Å². The molecule has 1 rings (SSSR count). The number of carbonyl (C=O) groups is 1. The van der Waals surface area contributed by atoms with Crippen molar-refractivity contribution in [3.05, 3.63) is 24.8 Å². The maximum atomic E-state index is 10.4. The Labute approximate surface area is 92.0 Å². The third-order valence-electron chi connectivity index (χ3n) is 2.68. The first-order valence-corrected chi connectivity index (χ1v) is 5.63. The first-order chi connectivity index (χ1) is 7.26. The van der Waals surface area contributed by atoms with Crippen molar-refractivity contribution < 1.29 is 9.53 Å². The molecule has 2 heteroatoms. The van der Waals surface area contributed by atoms with Crippen LogP contribution in [0.25, 0.3) is 0 Å². The van der Waals surface area contributed by atoms with Crippen molar-refractivity contribution in [1.82, 2.24) is 0 Å². The number of hydrogen-bond donors (Lipinski definition) is 0. The van der Waals surface area contributed by atoms with E-state index in [1.165, 1.54) is 0 Å². The quantitative estimate of drug-likeness (QED) is 0.495. The molecule has 1 unspecified atom stereocenters. The molecular weight excluding hydrogens is 188 g/mol. The molecule has 0 saturated carbocycles. The highest BCUT2D eigenvalue weighted by molar-refractivity contribution is 5.50. The molecule has 0 N–H and O–H groups in total.